The summed E-state index contributed by atoms with van der Waals surface area (Å²) in [6, 6.07) is 0.961. The smallest absolute Gasteiger partial charge is 0.387 e. The molecule has 10 N–H and O–H groups in total. The number of phosphoric acid groups is 2. The number of carbonyl (C=O) groups is 1. The lowest BCUT2D eigenvalue weighted by Crippen LogP contribution is -2.34. The Balaban J connectivity index is 1.16. The Morgan fingerprint density at radius 1 is 0.933 bits per heavy atom. The number of primary amides is 1. The van der Waals surface area contributed by atoms with E-state index in [0.29, 0.717) is 0 Å². The summed E-state index contributed by atoms with van der Waals surface area (Å²) in [7, 11) is -10.8. The number of imidazole rings is 1. The van der Waals surface area contributed by atoms with Crippen molar-refractivity contribution in [1.29, 1.82) is 0 Å². The zero-order valence-corrected chi connectivity index (χ0v) is 24.4. The van der Waals surface area contributed by atoms with Crippen molar-refractivity contribution < 1.29 is 67.0 Å². The minimum atomic E-state index is -5.42. The number of aromatic nitrogens is 5. The van der Waals surface area contributed by atoms with Crippen LogP contribution in [0, 0.1) is 0 Å². The molecular formula is C21H27N7O15P2. The number of aliphatic hydroxyl groups is 4. The highest BCUT2D eigenvalue weighted by atomic mass is 31.3. The number of nitrogens with two attached hydrogens (primary N) is 2. The van der Waals surface area contributed by atoms with Crippen molar-refractivity contribution in [3.63, 3.8) is 0 Å². The van der Waals surface area contributed by atoms with Crippen LogP contribution in [0.4, 0.5) is 5.82 Å². The summed E-state index contributed by atoms with van der Waals surface area (Å²) in [6.07, 6.45) is -7.90. The van der Waals surface area contributed by atoms with Gasteiger partial charge in [0.05, 0.1) is 19.5 Å². The van der Waals surface area contributed by atoms with Crippen molar-refractivity contribution in [3.05, 3.63) is 46.9 Å². The molecule has 0 spiro atoms. The van der Waals surface area contributed by atoms with E-state index in [4.69, 9.17) is 20.9 Å². The van der Waals surface area contributed by atoms with Crippen LogP contribution in [0.25, 0.3) is 11.2 Å². The van der Waals surface area contributed by atoms with Crippen LogP contribution in [0.3, 0.4) is 0 Å². The predicted octanol–water partition coefficient (Wildman–Crippen LogP) is -3.14. The number of aliphatic hydroxyl groups excluding tert-OH is 4. The van der Waals surface area contributed by atoms with Crippen LogP contribution >= 0.6 is 15.6 Å². The third-order valence-corrected chi connectivity index (χ3v) is 9.45. The number of hydrogen-bond acceptors (Lipinski definition) is 17. The molecule has 3 aromatic rings. The van der Waals surface area contributed by atoms with Crippen LogP contribution in [0.5, 0.6) is 0 Å². The Morgan fingerprint density at radius 3 is 2.11 bits per heavy atom. The summed E-state index contributed by atoms with van der Waals surface area (Å²) < 4.78 is 51.7. The molecule has 24 heteroatoms. The van der Waals surface area contributed by atoms with Gasteiger partial charge >= 0.3 is 15.6 Å². The number of carbonyl (C=O) groups excluding carboxylic acids is 1. The fourth-order valence-corrected chi connectivity index (χ4v) is 6.71. The molecule has 5 heterocycles. The van der Waals surface area contributed by atoms with Gasteiger partial charge in [-0.25, -0.2) is 24.1 Å². The Labute approximate surface area is 250 Å². The largest absolute Gasteiger partial charge is 0.481 e. The Hall–Kier alpha value is -3.21. The summed E-state index contributed by atoms with van der Waals surface area (Å²) in [6.45, 7) is -1.88. The predicted molar refractivity (Wildman–Crippen MR) is 143 cm³/mol. The highest BCUT2D eigenvalue weighted by molar-refractivity contribution is 7.61. The highest BCUT2D eigenvalue weighted by Crippen LogP contribution is 2.60. The van der Waals surface area contributed by atoms with Gasteiger partial charge in [0.25, 0.3) is 5.91 Å². The van der Waals surface area contributed by atoms with Gasteiger partial charge in [-0.3, -0.25) is 23.2 Å². The van der Waals surface area contributed by atoms with Gasteiger partial charge in [0, 0.05) is 18.5 Å². The van der Waals surface area contributed by atoms with E-state index >= 15 is 0 Å². The van der Waals surface area contributed by atoms with E-state index in [9.17, 15) is 48.9 Å². The highest BCUT2D eigenvalue weighted by Gasteiger charge is 2.48. The molecule has 3 aromatic heterocycles. The molecule has 2 aliphatic heterocycles. The topological polar surface area (TPSA) is 336 Å². The lowest BCUT2D eigenvalue weighted by molar-refractivity contribution is -0.0541. The molecule has 2 fully saturated rings. The molecule has 246 valence electrons. The molecular weight excluding hydrogens is 652 g/mol. The lowest BCUT2D eigenvalue weighted by atomic mass is 10.1. The number of amides is 1. The molecule has 45 heavy (non-hydrogen) atoms. The summed E-state index contributed by atoms with van der Waals surface area (Å²) in [5.74, 6) is -1.02. The van der Waals surface area contributed by atoms with E-state index in [1.54, 1.807) is 0 Å². The molecule has 0 saturated carbocycles. The Morgan fingerprint density at radius 2 is 1.51 bits per heavy atom. The van der Waals surface area contributed by atoms with Gasteiger partial charge < -0.3 is 55.7 Å². The second-order valence-electron chi connectivity index (χ2n) is 9.82. The van der Waals surface area contributed by atoms with E-state index in [2.05, 4.69) is 28.3 Å². The molecule has 22 nitrogen and oxygen atoms in total. The van der Waals surface area contributed by atoms with Crippen molar-refractivity contribution in [1.82, 2.24) is 24.1 Å². The van der Waals surface area contributed by atoms with Crippen molar-refractivity contribution in [2.75, 3.05) is 18.9 Å². The fourth-order valence-electron chi connectivity index (χ4n) is 4.62. The third kappa shape index (κ3) is 6.83. The fraction of sp³-hybridized carbons (Fsp3) is 0.476. The van der Waals surface area contributed by atoms with Gasteiger partial charge in [0.1, 0.15) is 54.0 Å². The molecule has 0 radical (unpaired) electrons. The van der Waals surface area contributed by atoms with Gasteiger partial charge in [-0.05, 0) is 0 Å². The molecule has 5 rings (SSSR count). The maximum absolute atomic E-state index is 12.4. The van der Waals surface area contributed by atoms with Crippen LogP contribution in [0.2, 0.25) is 0 Å². The molecule has 2 aliphatic rings. The minimum absolute atomic E-state index is 0.0403. The van der Waals surface area contributed by atoms with Crippen molar-refractivity contribution >= 4 is 38.5 Å². The first-order chi connectivity index (χ1) is 21.1. The first kappa shape index (κ1) is 33.2. The van der Waals surface area contributed by atoms with Crippen LogP contribution in [-0.2, 0) is 32.0 Å². The van der Waals surface area contributed by atoms with Crippen molar-refractivity contribution in [3.8, 4) is 0 Å². The monoisotopic (exact) mass is 679 g/mol. The minimum Gasteiger partial charge on any atom is -0.387 e. The molecule has 2 saturated heterocycles. The SMILES string of the molecule is NC(=O)c1cn([C@@H]2O[C@H](COP(=O)(O)OP(=O)(O)OC[C@H]3O[C@@H](n4cnc5c(N)ncnc54)[C@H](O)[C@@H]3O)[C@@H](O)[C@H]2O)ccc1=O. The van der Waals surface area contributed by atoms with Crippen LogP contribution in [0.15, 0.2) is 35.9 Å². The number of fused-ring (bicyclic) bond motifs is 1. The van der Waals surface area contributed by atoms with Gasteiger partial charge in [-0.1, -0.05) is 0 Å². The number of nitrogens with zero attached hydrogens (tertiary/aromatic N) is 5. The first-order valence-corrected chi connectivity index (χ1v) is 15.7. The third-order valence-electron chi connectivity index (χ3n) is 6.85. The van der Waals surface area contributed by atoms with E-state index in [1.165, 1.54) is 10.9 Å². The van der Waals surface area contributed by atoms with Crippen molar-refractivity contribution in [2.24, 2.45) is 5.73 Å². The molecule has 0 aliphatic carbocycles. The van der Waals surface area contributed by atoms with Gasteiger partial charge in [-0.15, -0.1) is 0 Å². The maximum Gasteiger partial charge on any atom is 0.481 e. The molecule has 0 aromatic carbocycles. The number of phosphoric ester groups is 2. The Bertz CT molecular complexity index is 1740. The lowest BCUT2D eigenvalue weighted by Gasteiger charge is -2.20. The van der Waals surface area contributed by atoms with Gasteiger partial charge in [0.15, 0.2) is 29.3 Å². The molecule has 1 amide bonds. The molecule has 10 atom stereocenters. The average molecular weight is 679 g/mol. The number of pyridine rings is 1. The number of anilines is 1. The molecule has 2 unspecified atom stereocenters. The summed E-state index contributed by atoms with van der Waals surface area (Å²) in [5, 5.41) is 41.6. The second-order valence-corrected chi connectivity index (χ2v) is 12.9. The van der Waals surface area contributed by atoms with Gasteiger partial charge in [0.2, 0.25) is 0 Å². The maximum atomic E-state index is 12.4. The summed E-state index contributed by atoms with van der Waals surface area (Å²) in [5.41, 5.74) is 10.1. The van der Waals surface area contributed by atoms with E-state index < -0.39 is 94.8 Å². The van der Waals surface area contributed by atoms with Gasteiger partial charge in [-0.2, -0.15) is 4.31 Å². The average Bonchev–Trinajstić information content (AvgIpc) is 3.61. The zero-order valence-electron chi connectivity index (χ0n) is 22.6. The van der Waals surface area contributed by atoms with E-state index in [-0.39, 0.29) is 17.0 Å². The molecule has 0 bridgehead atoms. The van der Waals surface area contributed by atoms with Crippen LogP contribution < -0.4 is 16.9 Å². The second kappa shape index (κ2) is 12.5. The number of rotatable bonds is 11. The Kier molecular flexibility index (Phi) is 9.23. The van der Waals surface area contributed by atoms with Crippen LogP contribution in [0.1, 0.15) is 22.8 Å². The van der Waals surface area contributed by atoms with Crippen LogP contribution in [-0.4, -0.2) is 110 Å². The first-order valence-electron chi connectivity index (χ1n) is 12.7. The standard InChI is InChI=1S/C21H27N7O15P2/c22-17-12-19(25-6-24-17)28(7-26-12)21-16(33)14(31)11(42-21)5-40-45(37,38)43-44(35,36)39-4-10-13(30)15(32)20(41-10)27-2-1-9(29)8(3-27)18(23)34/h1-3,6-7,10-11,13-16,20-21,30-33H,4-5H2,(H2,23,34)(H,35,36)(H,37,38)(H2,22,24,25)/t10-,11-,13-,14-,15-,16-,20-,21-/m1/s1. The quantitative estimate of drug-likeness (QED) is 0.0928. The summed E-state index contributed by atoms with van der Waals surface area (Å²) in [4.78, 5) is 55.1. The van der Waals surface area contributed by atoms with E-state index in [0.717, 1.165) is 29.4 Å². The van der Waals surface area contributed by atoms with Crippen molar-refractivity contribution in [2.45, 2.75) is 49.1 Å². The van der Waals surface area contributed by atoms with E-state index in [1.807, 2.05) is 0 Å². The normalized spacial score (nSPS) is 31.2. The number of nitrogen functional groups attached to an aromatic ring is 1. The number of hydrogen-bond donors (Lipinski definition) is 8. The zero-order chi connectivity index (χ0) is 32.8. The number of ether oxygens (including phenoxy) is 2. The summed E-state index contributed by atoms with van der Waals surface area (Å²) >= 11 is 0.